The lowest BCUT2D eigenvalue weighted by atomic mass is 10.00. The summed E-state index contributed by atoms with van der Waals surface area (Å²) in [5.74, 6) is 0.0719. The van der Waals surface area contributed by atoms with Gasteiger partial charge in [0.1, 0.15) is 19.3 Å². The zero-order chi connectivity index (χ0) is 63.8. The Morgan fingerprint density at radius 2 is 0.593 bits per heavy atom. The molecule has 0 radical (unpaired) electrons. The van der Waals surface area contributed by atoms with Crippen LogP contribution in [0.1, 0.15) is 331 Å². The summed E-state index contributed by atoms with van der Waals surface area (Å²) < 4.78 is 68.1. The highest BCUT2D eigenvalue weighted by Crippen LogP contribution is 2.45. The number of aliphatic hydroxyl groups excluding tert-OH is 1. The van der Waals surface area contributed by atoms with Crippen molar-refractivity contribution in [1.82, 2.24) is 0 Å². The fourth-order valence-corrected chi connectivity index (χ4v) is 11.6. The molecule has 0 saturated heterocycles. The summed E-state index contributed by atoms with van der Waals surface area (Å²) >= 11 is 0. The van der Waals surface area contributed by atoms with E-state index in [1.807, 2.05) is 0 Å². The number of ether oxygens (including phenoxy) is 4. The van der Waals surface area contributed by atoms with Gasteiger partial charge in [0.25, 0.3) is 0 Å². The summed E-state index contributed by atoms with van der Waals surface area (Å²) in [5.41, 5.74) is 0. The number of esters is 4. The highest BCUT2D eigenvalue weighted by molar-refractivity contribution is 7.47. The number of aliphatic hydroxyl groups is 1. The molecule has 0 heterocycles. The molecule has 0 spiro atoms. The van der Waals surface area contributed by atoms with Crippen molar-refractivity contribution in [2.45, 2.75) is 349 Å². The fourth-order valence-electron chi connectivity index (χ4n) is 9.98. The smallest absolute Gasteiger partial charge is 0.462 e. The average molecular weight is 1270 g/mol. The summed E-state index contributed by atoms with van der Waals surface area (Å²) in [6.45, 7) is 11.7. The standard InChI is InChI=1S/C67H130O17P2/c1-8-10-11-12-13-14-22-25-36-43-50-66(71)83-62(54-77-64(69)48-41-34-29-27-32-39-46-59(5)6)56-81-85(73,74)79-52-61(68)53-80-86(75,76)82-57-63(55-78-65(70)49-42-35-30-28-33-40-47-60(7)9-2)84-67(72)51-44-37-26-23-20-18-16-15-17-19-21-24-31-38-45-58(3)4/h58-63,68H,8-57H2,1-7H3,(H,73,74)(H,75,76)/t60?,61-,62+,63+/m0/s1. The molecule has 0 aromatic rings. The van der Waals surface area contributed by atoms with E-state index in [4.69, 9.17) is 37.0 Å². The zero-order valence-corrected chi connectivity index (χ0v) is 57.6. The van der Waals surface area contributed by atoms with Crippen molar-refractivity contribution in [2.24, 2.45) is 17.8 Å². The summed E-state index contributed by atoms with van der Waals surface area (Å²) in [7, 11) is -9.89. The molecule has 17 nitrogen and oxygen atoms in total. The first kappa shape index (κ1) is 84.1. The van der Waals surface area contributed by atoms with E-state index in [9.17, 15) is 43.2 Å². The van der Waals surface area contributed by atoms with E-state index < -0.39 is 97.5 Å². The fraction of sp³-hybridized carbons (Fsp3) is 0.940. The van der Waals surface area contributed by atoms with Crippen LogP contribution in [0.4, 0.5) is 0 Å². The first-order valence-electron chi connectivity index (χ1n) is 34.9. The number of phosphoric ester groups is 2. The molecule has 0 fully saturated rings. The minimum atomic E-state index is -4.95. The Labute approximate surface area is 524 Å². The number of unbranched alkanes of at least 4 members (excludes halogenated alkanes) is 32. The predicted molar refractivity (Wildman–Crippen MR) is 344 cm³/mol. The van der Waals surface area contributed by atoms with E-state index >= 15 is 0 Å². The lowest BCUT2D eigenvalue weighted by Gasteiger charge is -2.21. The van der Waals surface area contributed by atoms with Crippen molar-refractivity contribution in [3.8, 4) is 0 Å². The molecule has 0 amide bonds. The van der Waals surface area contributed by atoms with E-state index in [2.05, 4.69) is 48.5 Å². The molecule has 0 saturated carbocycles. The van der Waals surface area contributed by atoms with Gasteiger partial charge in [0, 0.05) is 25.7 Å². The van der Waals surface area contributed by atoms with Crippen molar-refractivity contribution in [1.29, 1.82) is 0 Å². The van der Waals surface area contributed by atoms with Crippen LogP contribution in [-0.4, -0.2) is 96.7 Å². The monoisotopic (exact) mass is 1270 g/mol. The Morgan fingerprint density at radius 1 is 0.337 bits per heavy atom. The molecule has 510 valence electrons. The lowest BCUT2D eigenvalue weighted by Crippen LogP contribution is -2.30. The second-order valence-electron chi connectivity index (χ2n) is 25.4. The first-order chi connectivity index (χ1) is 41.3. The van der Waals surface area contributed by atoms with Crippen LogP contribution in [0.3, 0.4) is 0 Å². The summed E-state index contributed by atoms with van der Waals surface area (Å²) in [6.07, 6.45) is 40.5. The van der Waals surface area contributed by atoms with Gasteiger partial charge in [-0.1, -0.05) is 280 Å². The number of rotatable bonds is 65. The van der Waals surface area contributed by atoms with Crippen molar-refractivity contribution in [3.05, 3.63) is 0 Å². The summed E-state index contributed by atoms with van der Waals surface area (Å²) in [5, 5.41) is 10.6. The topological polar surface area (TPSA) is 237 Å². The van der Waals surface area contributed by atoms with Gasteiger partial charge in [-0.2, -0.15) is 0 Å². The highest BCUT2D eigenvalue weighted by Gasteiger charge is 2.30. The van der Waals surface area contributed by atoms with Crippen LogP contribution in [0, 0.1) is 17.8 Å². The van der Waals surface area contributed by atoms with Crippen LogP contribution >= 0.6 is 15.6 Å². The Kier molecular flexibility index (Phi) is 56.9. The molecular formula is C67H130O17P2. The summed E-state index contributed by atoms with van der Waals surface area (Å²) in [6, 6.07) is 0. The number of hydrogen-bond acceptors (Lipinski definition) is 15. The third kappa shape index (κ3) is 59.7. The van der Waals surface area contributed by atoms with Crippen LogP contribution in [0.5, 0.6) is 0 Å². The quantitative estimate of drug-likeness (QED) is 0.0222. The molecule has 0 aromatic carbocycles. The van der Waals surface area contributed by atoms with Gasteiger partial charge in [0.15, 0.2) is 12.2 Å². The van der Waals surface area contributed by atoms with Gasteiger partial charge in [-0.25, -0.2) is 9.13 Å². The molecular weight excluding hydrogens is 1140 g/mol. The maximum Gasteiger partial charge on any atom is 0.472 e. The van der Waals surface area contributed by atoms with Gasteiger partial charge < -0.3 is 33.8 Å². The molecule has 0 aliphatic rings. The summed E-state index contributed by atoms with van der Waals surface area (Å²) in [4.78, 5) is 72.3. The number of hydrogen-bond donors (Lipinski definition) is 3. The molecule has 0 aliphatic carbocycles. The van der Waals surface area contributed by atoms with E-state index in [1.54, 1.807) is 0 Å². The molecule has 3 N–H and O–H groups in total. The van der Waals surface area contributed by atoms with E-state index in [0.29, 0.717) is 31.6 Å². The number of carbonyl (C=O) groups is 4. The second-order valence-corrected chi connectivity index (χ2v) is 28.3. The van der Waals surface area contributed by atoms with E-state index in [0.717, 1.165) is 115 Å². The molecule has 6 atom stereocenters. The normalized spacial score (nSPS) is 14.6. The second kappa shape index (κ2) is 58.2. The van der Waals surface area contributed by atoms with E-state index in [-0.39, 0.29) is 25.7 Å². The van der Waals surface area contributed by atoms with Gasteiger partial charge in [-0.15, -0.1) is 0 Å². The Balaban J connectivity index is 5.21. The van der Waals surface area contributed by atoms with Crippen LogP contribution < -0.4 is 0 Å². The van der Waals surface area contributed by atoms with Gasteiger partial charge in [-0.05, 0) is 43.4 Å². The largest absolute Gasteiger partial charge is 0.472 e. The van der Waals surface area contributed by atoms with Crippen LogP contribution in [0.25, 0.3) is 0 Å². The molecule has 0 rings (SSSR count). The maximum atomic E-state index is 13.0. The third-order valence-electron chi connectivity index (χ3n) is 15.7. The van der Waals surface area contributed by atoms with Gasteiger partial charge in [-0.3, -0.25) is 37.3 Å². The average Bonchev–Trinajstić information content (AvgIpc) is 3.66. The predicted octanol–water partition coefficient (Wildman–Crippen LogP) is 18.7. The van der Waals surface area contributed by atoms with Crippen molar-refractivity contribution in [2.75, 3.05) is 39.6 Å². The van der Waals surface area contributed by atoms with Crippen LogP contribution in [0.15, 0.2) is 0 Å². The Hall–Kier alpha value is -1.94. The third-order valence-corrected chi connectivity index (χ3v) is 17.6. The number of phosphoric acid groups is 2. The van der Waals surface area contributed by atoms with Gasteiger partial charge >= 0.3 is 39.5 Å². The maximum absolute atomic E-state index is 13.0. The van der Waals surface area contributed by atoms with Crippen LogP contribution in [0.2, 0.25) is 0 Å². The molecule has 0 aromatic heterocycles. The van der Waals surface area contributed by atoms with Gasteiger partial charge in [0.05, 0.1) is 26.4 Å². The molecule has 86 heavy (non-hydrogen) atoms. The zero-order valence-electron chi connectivity index (χ0n) is 55.8. The van der Waals surface area contributed by atoms with Gasteiger partial charge in [0.2, 0.25) is 0 Å². The highest BCUT2D eigenvalue weighted by atomic mass is 31.2. The first-order valence-corrected chi connectivity index (χ1v) is 37.9. The Bertz CT molecular complexity index is 1700. The van der Waals surface area contributed by atoms with Crippen molar-refractivity contribution in [3.63, 3.8) is 0 Å². The molecule has 3 unspecified atom stereocenters. The van der Waals surface area contributed by atoms with E-state index in [1.165, 1.54) is 128 Å². The number of carbonyl (C=O) groups excluding carboxylic acids is 4. The molecule has 19 heteroatoms. The van der Waals surface area contributed by atoms with Crippen molar-refractivity contribution >= 4 is 39.5 Å². The van der Waals surface area contributed by atoms with Crippen LogP contribution in [-0.2, 0) is 65.4 Å². The molecule has 0 aliphatic heterocycles. The van der Waals surface area contributed by atoms with Crippen molar-refractivity contribution < 1.29 is 80.2 Å². The minimum Gasteiger partial charge on any atom is -0.462 e. The Morgan fingerprint density at radius 3 is 0.884 bits per heavy atom. The lowest BCUT2D eigenvalue weighted by molar-refractivity contribution is -0.161. The molecule has 0 bridgehead atoms. The SMILES string of the molecule is CCCCCCCCCCCCC(=O)O[C@H](COC(=O)CCCCCCCCC(C)C)COP(=O)(O)OC[C@H](O)COP(=O)(O)OC[C@@H](COC(=O)CCCCCCCCC(C)CC)OC(=O)CCCCCCCCCCCCCCCCC(C)C. The minimum absolute atomic E-state index is 0.105.